The van der Waals surface area contributed by atoms with Crippen LogP contribution in [0.3, 0.4) is 0 Å². The van der Waals surface area contributed by atoms with Crippen LogP contribution in [0.5, 0.6) is 5.75 Å². The fourth-order valence-corrected chi connectivity index (χ4v) is 5.06. The van der Waals surface area contributed by atoms with Crippen molar-refractivity contribution in [3.8, 4) is 5.75 Å². The predicted octanol–water partition coefficient (Wildman–Crippen LogP) is 7.95. The summed E-state index contributed by atoms with van der Waals surface area (Å²) >= 11 is 5.93. The highest BCUT2D eigenvalue weighted by Gasteiger charge is 2.34. The highest BCUT2D eigenvalue weighted by atomic mass is 35.5. The first-order valence-electron chi connectivity index (χ1n) is 19.5. The molecular weight excluding hydrogens is 744 g/mol. The SMILES string of the molecule is CCC=CCC=CCC=CCC=CCC=CCC=CCCC(=O)NCC(NC(=O)C(C)(C)Oc1ccc(C(=O)c2ccc(Cl)cc2)cc1)C(=O)OCC(CO)CO. The number of ketones is 1. The van der Waals surface area contributed by atoms with Gasteiger partial charge in [0.05, 0.1) is 19.8 Å². The maximum absolute atomic E-state index is 13.4. The van der Waals surface area contributed by atoms with E-state index in [1.807, 2.05) is 12.2 Å². The molecule has 0 fully saturated rings. The molecule has 10 nitrogen and oxygen atoms in total. The van der Waals surface area contributed by atoms with Gasteiger partial charge in [0.25, 0.3) is 5.91 Å². The van der Waals surface area contributed by atoms with Crippen molar-refractivity contribution in [3.63, 3.8) is 0 Å². The van der Waals surface area contributed by atoms with Gasteiger partial charge >= 0.3 is 5.97 Å². The molecule has 0 saturated carbocycles. The van der Waals surface area contributed by atoms with Crippen molar-refractivity contribution in [2.75, 3.05) is 26.4 Å². The molecule has 0 aliphatic carbocycles. The van der Waals surface area contributed by atoms with Gasteiger partial charge < -0.3 is 30.3 Å². The van der Waals surface area contributed by atoms with Crippen LogP contribution in [0.2, 0.25) is 5.02 Å². The van der Waals surface area contributed by atoms with Crippen molar-refractivity contribution >= 4 is 35.2 Å². The molecule has 2 aromatic rings. The minimum atomic E-state index is -1.49. The Kier molecular flexibility index (Phi) is 24.0. The van der Waals surface area contributed by atoms with Crippen LogP contribution in [0.4, 0.5) is 0 Å². The van der Waals surface area contributed by atoms with Gasteiger partial charge in [-0.25, -0.2) is 4.79 Å². The van der Waals surface area contributed by atoms with Gasteiger partial charge in [0.1, 0.15) is 11.8 Å². The summed E-state index contributed by atoms with van der Waals surface area (Å²) in [5, 5.41) is 24.6. The van der Waals surface area contributed by atoms with E-state index in [0.717, 1.165) is 38.5 Å². The van der Waals surface area contributed by atoms with Crippen LogP contribution < -0.4 is 15.4 Å². The van der Waals surface area contributed by atoms with E-state index in [1.165, 1.54) is 13.8 Å². The molecule has 0 radical (unpaired) electrons. The molecule has 0 aliphatic rings. The normalized spacial score (nSPS) is 12.8. The van der Waals surface area contributed by atoms with E-state index >= 15 is 0 Å². The molecule has 2 amide bonds. The third-order valence-corrected chi connectivity index (χ3v) is 8.60. The van der Waals surface area contributed by atoms with Gasteiger partial charge in [0, 0.05) is 35.0 Å². The molecule has 1 atom stereocenters. The summed E-state index contributed by atoms with van der Waals surface area (Å²) in [6, 6.07) is 11.5. The summed E-state index contributed by atoms with van der Waals surface area (Å²) in [6.45, 7) is 3.80. The second-order valence-electron chi connectivity index (χ2n) is 13.6. The van der Waals surface area contributed by atoms with E-state index in [0.29, 0.717) is 28.3 Å². The molecule has 57 heavy (non-hydrogen) atoms. The third kappa shape index (κ3) is 20.6. The topological polar surface area (TPSA) is 151 Å². The van der Waals surface area contributed by atoms with Crippen molar-refractivity contribution in [1.82, 2.24) is 10.6 Å². The fourth-order valence-electron chi connectivity index (χ4n) is 4.93. The Morgan fingerprint density at radius 3 is 1.68 bits per heavy atom. The minimum Gasteiger partial charge on any atom is -0.478 e. The largest absolute Gasteiger partial charge is 0.478 e. The Morgan fingerprint density at radius 2 is 1.19 bits per heavy atom. The molecule has 4 N–H and O–H groups in total. The van der Waals surface area contributed by atoms with E-state index < -0.39 is 42.7 Å². The minimum absolute atomic E-state index is 0.167. The van der Waals surface area contributed by atoms with Crippen molar-refractivity contribution < 1.29 is 38.9 Å². The number of ether oxygens (including phenoxy) is 2. The number of benzene rings is 2. The number of nitrogens with one attached hydrogen (secondary N) is 2. The monoisotopic (exact) mass is 802 g/mol. The smallest absolute Gasteiger partial charge is 0.330 e. The number of aliphatic hydroxyl groups is 2. The zero-order valence-electron chi connectivity index (χ0n) is 33.4. The molecule has 0 bridgehead atoms. The van der Waals surface area contributed by atoms with Gasteiger partial charge in [-0.1, -0.05) is 91.4 Å². The van der Waals surface area contributed by atoms with Crippen LogP contribution in [-0.2, 0) is 19.1 Å². The Bertz CT molecular complexity index is 1690. The van der Waals surface area contributed by atoms with Crippen molar-refractivity contribution in [1.29, 1.82) is 0 Å². The number of hydrogen-bond donors (Lipinski definition) is 4. The van der Waals surface area contributed by atoms with E-state index in [4.69, 9.17) is 21.1 Å². The van der Waals surface area contributed by atoms with Crippen LogP contribution in [0.1, 0.15) is 88.1 Å². The first kappa shape index (κ1) is 48.1. The predicted molar refractivity (Wildman–Crippen MR) is 227 cm³/mol. The van der Waals surface area contributed by atoms with E-state index in [2.05, 4.69) is 78.3 Å². The summed E-state index contributed by atoms with van der Waals surface area (Å²) in [5.74, 6) is -2.45. The van der Waals surface area contributed by atoms with Gasteiger partial charge in [-0.2, -0.15) is 0 Å². The summed E-state index contributed by atoms with van der Waals surface area (Å²) in [5.41, 5.74) is -0.606. The van der Waals surface area contributed by atoms with Crippen molar-refractivity contribution in [3.05, 3.63) is 138 Å². The van der Waals surface area contributed by atoms with Crippen LogP contribution in [-0.4, -0.2) is 71.8 Å². The average Bonchev–Trinajstić information content (AvgIpc) is 3.20. The number of amides is 2. The molecule has 2 rings (SSSR count). The average molecular weight is 803 g/mol. The first-order valence-corrected chi connectivity index (χ1v) is 19.8. The lowest BCUT2D eigenvalue weighted by Crippen LogP contribution is -2.56. The Labute approximate surface area is 343 Å². The number of hydrogen-bond acceptors (Lipinski definition) is 8. The van der Waals surface area contributed by atoms with Gasteiger partial charge in [0.2, 0.25) is 5.91 Å². The zero-order chi connectivity index (χ0) is 41.7. The summed E-state index contributed by atoms with van der Waals surface area (Å²) in [7, 11) is 0. The quantitative estimate of drug-likeness (QED) is 0.0404. The van der Waals surface area contributed by atoms with E-state index in [1.54, 1.807) is 48.5 Å². The molecule has 0 aromatic heterocycles. The molecule has 2 aromatic carbocycles. The second kappa shape index (κ2) is 28.4. The number of aliphatic hydroxyl groups excluding tert-OH is 2. The van der Waals surface area contributed by atoms with E-state index in [-0.39, 0.29) is 31.3 Å². The molecule has 0 heterocycles. The molecule has 0 saturated heterocycles. The van der Waals surface area contributed by atoms with Gasteiger partial charge in [-0.3, -0.25) is 14.4 Å². The highest BCUT2D eigenvalue weighted by molar-refractivity contribution is 6.30. The molecule has 1 unspecified atom stereocenters. The summed E-state index contributed by atoms with van der Waals surface area (Å²) in [4.78, 5) is 51.9. The summed E-state index contributed by atoms with van der Waals surface area (Å²) in [6.07, 6.45) is 31.5. The molecular formula is C46H59ClN2O8. The fraction of sp³-hybridized carbons (Fsp3) is 0.391. The highest BCUT2D eigenvalue weighted by Crippen LogP contribution is 2.21. The third-order valence-electron chi connectivity index (χ3n) is 8.35. The van der Waals surface area contributed by atoms with Gasteiger partial charge in [-0.15, -0.1) is 0 Å². The number of esters is 1. The maximum Gasteiger partial charge on any atom is 0.330 e. The van der Waals surface area contributed by atoms with Gasteiger partial charge in [0.15, 0.2) is 11.4 Å². The summed E-state index contributed by atoms with van der Waals surface area (Å²) < 4.78 is 11.2. The lowest BCUT2D eigenvalue weighted by molar-refractivity contribution is -0.151. The van der Waals surface area contributed by atoms with Crippen LogP contribution >= 0.6 is 11.6 Å². The van der Waals surface area contributed by atoms with Crippen LogP contribution in [0.25, 0.3) is 0 Å². The number of halogens is 1. The van der Waals surface area contributed by atoms with Crippen LogP contribution in [0, 0.1) is 5.92 Å². The molecule has 308 valence electrons. The molecule has 0 spiro atoms. The van der Waals surface area contributed by atoms with Gasteiger partial charge in [-0.05, 0) is 107 Å². The number of carbonyl (C=O) groups is 4. The number of rotatable bonds is 27. The Morgan fingerprint density at radius 1 is 0.719 bits per heavy atom. The standard InChI is InChI=1S/C46H59ClN2O8/c1-4-5-6-7-8-9-10-11-12-13-14-15-16-17-18-19-20-21-22-23-42(52)48-32-41(44(54)56-35-36(33-50)34-51)49-45(55)46(2,3)57-40-30-26-38(27-31-40)43(53)37-24-28-39(47)29-25-37/h5-6,8-9,11-12,14-15,17-18,20-21,24-31,36,41,50-51H,4,7,10,13,16,19,22-23,32-35H2,1-3H3,(H,48,52)(H,49,55). The Hall–Kier alpha value is -5.03. The lowest BCUT2D eigenvalue weighted by Gasteiger charge is -2.28. The molecule has 0 aliphatic heterocycles. The van der Waals surface area contributed by atoms with Crippen LogP contribution in [0.15, 0.2) is 121 Å². The number of allylic oxidation sites excluding steroid dienone is 12. The Balaban J connectivity index is 1.83. The molecule has 11 heteroatoms. The van der Waals surface area contributed by atoms with Crippen molar-refractivity contribution in [2.45, 2.75) is 83.8 Å². The maximum atomic E-state index is 13.4. The number of carbonyl (C=O) groups excluding carboxylic acids is 4. The zero-order valence-corrected chi connectivity index (χ0v) is 34.2. The van der Waals surface area contributed by atoms with Crippen molar-refractivity contribution in [2.24, 2.45) is 5.92 Å². The second-order valence-corrected chi connectivity index (χ2v) is 14.1. The lowest BCUT2D eigenvalue weighted by atomic mass is 10.0. The first-order chi connectivity index (χ1) is 27.5. The van der Waals surface area contributed by atoms with E-state index in [9.17, 15) is 29.4 Å².